The van der Waals surface area contributed by atoms with Crippen molar-refractivity contribution >= 4 is 17.8 Å². The summed E-state index contributed by atoms with van der Waals surface area (Å²) in [4.78, 5) is 34.8. The first-order valence-electron chi connectivity index (χ1n) is 6.51. The molecule has 1 rings (SSSR count). The molecule has 1 aliphatic rings. The predicted molar refractivity (Wildman–Crippen MR) is 67.7 cm³/mol. The zero-order chi connectivity index (χ0) is 15.1. The van der Waals surface area contributed by atoms with E-state index in [2.05, 4.69) is 5.32 Å². The third-order valence-corrected chi connectivity index (χ3v) is 3.15. The first-order chi connectivity index (χ1) is 9.43. The van der Waals surface area contributed by atoms with Crippen LogP contribution in [0.4, 0.5) is 0 Å². The predicted octanol–water partition coefficient (Wildman–Crippen LogP) is -1.69. The Morgan fingerprint density at radius 2 is 1.90 bits per heavy atom. The van der Waals surface area contributed by atoms with E-state index in [1.165, 1.54) is 4.90 Å². The molecule has 0 aliphatic carbocycles. The van der Waals surface area contributed by atoms with Gasteiger partial charge in [-0.3, -0.25) is 14.4 Å². The topological polar surface area (TPSA) is 127 Å². The number of aliphatic hydroxyl groups is 2. The number of rotatable bonds is 7. The summed E-state index contributed by atoms with van der Waals surface area (Å²) >= 11 is 0. The summed E-state index contributed by atoms with van der Waals surface area (Å²) in [6.45, 7) is 0.104. The van der Waals surface area contributed by atoms with Crippen molar-refractivity contribution in [3.05, 3.63) is 0 Å². The van der Waals surface area contributed by atoms with Crippen LogP contribution < -0.4 is 5.32 Å². The number of carboxylic acids is 1. The summed E-state index contributed by atoms with van der Waals surface area (Å²) in [7, 11) is 0. The number of carbonyl (C=O) groups is 3. The van der Waals surface area contributed by atoms with Crippen molar-refractivity contribution in [2.45, 2.75) is 37.8 Å². The highest BCUT2D eigenvalue weighted by Crippen LogP contribution is 2.18. The quantitative estimate of drug-likeness (QED) is 0.443. The Hall–Kier alpha value is -1.67. The Kier molecular flexibility index (Phi) is 6.40. The minimum atomic E-state index is -1.05. The Bertz CT molecular complexity index is 373. The lowest BCUT2D eigenvalue weighted by Crippen LogP contribution is -2.39. The number of aliphatic hydroxyl groups excluding tert-OH is 2. The molecular formula is C12H20N2O6. The molecule has 4 N–H and O–H groups in total. The zero-order valence-electron chi connectivity index (χ0n) is 11.1. The Morgan fingerprint density at radius 1 is 1.20 bits per heavy atom. The van der Waals surface area contributed by atoms with Gasteiger partial charge in [-0.1, -0.05) is 0 Å². The average Bonchev–Trinajstić information content (AvgIpc) is 2.77. The number of likely N-dealkylation sites (tertiary alicyclic amines) is 1. The molecule has 1 fully saturated rings. The lowest BCUT2D eigenvalue weighted by Gasteiger charge is -2.22. The number of carbonyl (C=O) groups excluding carboxylic acids is 2. The fourth-order valence-corrected chi connectivity index (χ4v) is 2.13. The van der Waals surface area contributed by atoms with E-state index >= 15 is 0 Å². The van der Waals surface area contributed by atoms with E-state index in [9.17, 15) is 19.5 Å². The SMILES string of the molecule is O=C(O)CCC(=O)NCCC(=O)N1C[C@H](O)C[C@H]1CO. The van der Waals surface area contributed by atoms with Crippen LogP contribution >= 0.6 is 0 Å². The van der Waals surface area contributed by atoms with Gasteiger partial charge in [0.1, 0.15) is 0 Å². The van der Waals surface area contributed by atoms with Crippen LogP contribution in [0.1, 0.15) is 25.7 Å². The van der Waals surface area contributed by atoms with E-state index in [0.717, 1.165) is 0 Å². The van der Waals surface area contributed by atoms with Crippen molar-refractivity contribution < 1.29 is 29.7 Å². The van der Waals surface area contributed by atoms with Gasteiger partial charge in [0.05, 0.1) is 25.2 Å². The monoisotopic (exact) mass is 288 g/mol. The smallest absolute Gasteiger partial charge is 0.303 e. The highest BCUT2D eigenvalue weighted by molar-refractivity contribution is 5.81. The maximum Gasteiger partial charge on any atom is 0.303 e. The average molecular weight is 288 g/mol. The van der Waals surface area contributed by atoms with Crippen LogP contribution in [-0.4, -0.2) is 69.8 Å². The summed E-state index contributed by atoms with van der Waals surface area (Å²) in [6.07, 6.45) is -0.577. The van der Waals surface area contributed by atoms with Gasteiger partial charge in [0.15, 0.2) is 0 Å². The molecule has 0 aromatic heterocycles. The summed E-state index contributed by atoms with van der Waals surface area (Å²) in [5, 5.41) is 29.4. The van der Waals surface area contributed by atoms with Gasteiger partial charge in [-0.15, -0.1) is 0 Å². The van der Waals surface area contributed by atoms with Crippen LogP contribution in [0.25, 0.3) is 0 Å². The molecule has 1 saturated heterocycles. The molecule has 2 atom stereocenters. The molecule has 114 valence electrons. The van der Waals surface area contributed by atoms with E-state index < -0.39 is 18.0 Å². The Balaban J connectivity index is 2.26. The minimum Gasteiger partial charge on any atom is -0.481 e. The number of amides is 2. The van der Waals surface area contributed by atoms with Gasteiger partial charge in [0.2, 0.25) is 11.8 Å². The number of nitrogens with one attached hydrogen (secondary N) is 1. The largest absolute Gasteiger partial charge is 0.481 e. The van der Waals surface area contributed by atoms with Gasteiger partial charge in [0.25, 0.3) is 0 Å². The molecule has 8 heteroatoms. The normalized spacial score (nSPS) is 21.8. The molecule has 20 heavy (non-hydrogen) atoms. The Labute approximate surface area is 116 Å². The standard InChI is InChI=1S/C12H20N2O6/c15-7-8-5-9(16)6-14(8)11(18)3-4-13-10(17)1-2-12(19)20/h8-9,15-16H,1-7H2,(H,13,17)(H,19,20)/t8-,9+/m0/s1. The molecule has 1 aliphatic heterocycles. The molecule has 0 aromatic rings. The number of nitrogens with zero attached hydrogens (tertiary/aromatic N) is 1. The molecule has 0 saturated carbocycles. The number of aliphatic carboxylic acids is 1. The van der Waals surface area contributed by atoms with Gasteiger partial charge >= 0.3 is 5.97 Å². The Morgan fingerprint density at radius 3 is 2.50 bits per heavy atom. The molecular weight excluding hydrogens is 268 g/mol. The third kappa shape index (κ3) is 5.14. The number of β-amino-alcohol motifs (C(OH)–C–C–N with tert-alkyl or cyclic N) is 1. The number of hydrogen-bond donors (Lipinski definition) is 4. The van der Waals surface area contributed by atoms with E-state index in [4.69, 9.17) is 10.2 Å². The molecule has 0 bridgehead atoms. The van der Waals surface area contributed by atoms with Crippen molar-refractivity contribution in [1.29, 1.82) is 0 Å². The number of hydrogen-bond acceptors (Lipinski definition) is 5. The van der Waals surface area contributed by atoms with Crippen molar-refractivity contribution in [1.82, 2.24) is 10.2 Å². The lowest BCUT2D eigenvalue weighted by molar-refractivity contribution is -0.139. The van der Waals surface area contributed by atoms with Crippen LogP contribution in [0.3, 0.4) is 0 Å². The maximum absolute atomic E-state index is 11.9. The number of carboxylic acid groups (broad SMARTS) is 1. The molecule has 8 nitrogen and oxygen atoms in total. The molecule has 0 spiro atoms. The second kappa shape index (κ2) is 7.81. The van der Waals surface area contributed by atoms with Crippen LogP contribution in [0, 0.1) is 0 Å². The molecule has 0 aromatic carbocycles. The van der Waals surface area contributed by atoms with Crippen LogP contribution in [0.5, 0.6) is 0 Å². The van der Waals surface area contributed by atoms with Crippen LogP contribution in [-0.2, 0) is 14.4 Å². The second-order valence-corrected chi connectivity index (χ2v) is 4.77. The first kappa shape index (κ1) is 16.4. The van der Waals surface area contributed by atoms with Gasteiger partial charge in [-0.05, 0) is 6.42 Å². The van der Waals surface area contributed by atoms with Gasteiger partial charge in [0, 0.05) is 25.9 Å². The summed E-state index contributed by atoms with van der Waals surface area (Å²) in [5.41, 5.74) is 0. The lowest BCUT2D eigenvalue weighted by atomic mass is 10.2. The van der Waals surface area contributed by atoms with E-state index in [-0.39, 0.29) is 50.9 Å². The fourth-order valence-electron chi connectivity index (χ4n) is 2.13. The highest BCUT2D eigenvalue weighted by atomic mass is 16.4. The van der Waals surface area contributed by atoms with Gasteiger partial charge in [-0.25, -0.2) is 0 Å². The summed E-state index contributed by atoms with van der Waals surface area (Å²) in [5.74, 6) is -1.72. The van der Waals surface area contributed by atoms with Crippen molar-refractivity contribution in [3.63, 3.8) is 0 Å². The minimum absolute atomic E-state index is 0.0576. The van der Waals surface area contributed by atoms with Gasteiger partial charge < -0.3 is 25.5 Å². The maximum atomic E-state index is 11.9. The summed E-state index contributed by atoms with van der Waals surface area (Å²) in [6, 6.07) is -0.375. The molecule has 2 amide bonds. The highest BCUT2D eigenvalue weighted by Gasteiger charge is 2.33. The fraction of sp³-hybridized carbons (Fsp3) is 0.750. The first-order valence-corrected chi connectivity index (χ1v) is 6.51. The zero-order valence-corrected chi connectivity index (χ0v) is 11.1. The van der Waals surface area contributed by atoms with Crippen molar-refractivity contribution in [3.8, 4) is 0 Å². The van der Waals surface area contributed by atoms with E-state index in [0.29, 0.717) is 6.42 Å². The van der Waals surface area contributed by atoms with E-state index in [1.54, 1.807) is 0 Å². The summed E-state index contributed by atoms with van der Waals surface area (Å²) < 4.78 is 0. The van der Waals surface area contributed by atoms with E-state index in [1.807, 2.05) is 0 Å². The molecule has 0 unspecified atom stereocenters. The van der Waals surface area contributed by atoms with Crippen molar-refractivity contribution in [2.75, 3.05) is 19.7 Å². The molecule has 1 heterocycles. The van der Waals surface area contributed by atoms with Gasteiger partial charge in [-0.2, -0.15) is 0 Å². The van der Waals surface area contributed by atoms with Crippen molar-refractivity contribution in [2.24, 2.45) is 0 Å². The third-order valence-electron chi connectivity index (χ3n) is 3.15. The van der Waals surface area contributed by atoms with Crippen LogP contribution in [0.2, 0.25) is 0 Å². The molecule has 0 radical (unpaired) electrons. The van der Waals surface area contributed by atoms with Crippen LogP contribution in [0.15, 0.2) is 0 Å². The second-order valence-electron chi connectivity index (χ2n) is 4.77.